The number of carbonyl (C=O) groups excluding carboxylic acids is 3. The monoisotopic (exact) mass is 585 g/mol. The molecule has 43 heavy (non-hydrogen) atoms. The lowest BCUT2D eigenvalue weighted by molar-refractivity contribution is -0.133. The quantitative estimate of drug-likeness (QED) is 0.293. The number of rotatable bonds is 14. The molecule has 0 aliphatic carbocycles. The number of fused-ring (bicyclic) bond motifs is 1. The minimum absolute atomic E-state index is 0.0309. The van der Waals surface area contributed by atoms with Gasteiger partial charge in [-0.15, -0.1) is 0 Å². The summed E-state index contributed by atoms with van der Waals surface area (Å²) in [6.07, 6.45) is 2.09. The first-order valence-corrected chi connectivity index (χ1v) is 14.9. The standard InChI is InChI=1S/C34H43N5O4/c1-5-38(6-2)29-17-12-15-25-19-26(32(41)39(31(25)29)21-27-16-10-11-18-36-27)20-30(40)28(37-33(42)34(3,4)35)23-43-22-24-13-8-7-9-14-24/h7-18,26,28H,5-6,19-23,35H2,1-4H3,(H,37,42)/t26?,28-/m1/s1. The highest BCUT2D eigenvalue weighted by atomic mass is 16.5. The number of Topliss-reactive ketones (excluding diaryl/α,β-unsaturated/α-hetero) is 1. The van der Waals surface area contributed by atoms with E-state index < -0.39 is 23.4 Å². The Kier molecular flexibility index (Phi) is 10.7. The first-order chi connectivity index (χ1) is 20.6. The van der Waals surface area contributed by atoms with E-state index in [4.69, 9.17) is 10.5 Å². The van der Waals surface area contributed by atoms with Crippen LogP contribution in [0.3, 0.4) is 0 Å². The molecular formula is C34H43N5O4. The zero-order chi connectivity index (χ0) is 31.0. The van der Waals surface area contributed by atoms with Gasteiger partial charge in [0, 0.05) is 31.6 Å². The van der Waals surface area contributed by atoms with E-state index in [-0.39, 0.29) is 37.9 Å². The summed E-state index contributed by atoms with van der Waals surface area (Å²) >= 11 is 0. The minimum Gasteiger partial charge on any atom is -0.374 e. The van der Waals surface area contributed by atoms with Gasteiger partial charge in [0.2, 0.25) is 11.8 Å². The van der Waals surface area contributed by atoms with Gasteiger partial charge in [-0.2, -0.15) is 0 Å². The molecule has 4 rings (SSSR count). The summed E-state index contributed by atoms with van der Waals surface area (Å²) in [6, 6.07) is 20.4. The van der Waals surface area contributed by atoms with Crippen molar-refractivity contribution in [1.29, 1.82) is 0 Å². The van der Waals surface area contributed by atoms with E-state index in [1.54, 1.807) is 24.9 Å². The third kappa shape index (κ3) is 8.06. The Balaban J connectivity index is 1.60. The summed E-state index contributed by atoms with van der Waals surface area (Å²) < 4.78 is 5.87. The normalized spacial score (nSPS) is 15.5. The first kappa shape index (κ1) is 31.8. The molecule has 0 saturated carbocycles. The molecule has 9 heteroatoms. The fraction of sp³-hybridized carbons (Fsp3) is 0.412. The molecule has 0 bridgehead atoms. The highest BCUT2D eigenvalue weighted by Gasteiger charge is 2.38. The number of nitrogens with two attached hydrogens (primary N) is 1. The third-order valence-corrected chi connectivity index (χ3v) is 7.72. The van der Waals surface area contributed by atoms with Gasteiger partial charge in [-0.1, -0.05) is 48.5 Å². The van der Waals surface area contributed by atoms with Crippen LogP contribution in [-0.4, -0.2) is 53.9 Å². The molecule has 0 spiro atoms. The number of aromatic nitrogens is 1. The van der Waals surface area contributed by atoms with Crippen LogP contribution in [0, 0.1) is 5.92 Å². The Labute approximate surface area is 254 Å². The smallest absolute Gasteiger partial charge is 0.240 e. The van der Waals surface area contributed by atoms with Crippen molar-refractivity contribution in [3.63, 3.8) is 0 Å². The third-order valence-electron chi connectivity index (χ3n) is 7.72. The first-order valence-electron chi connectivity index (χ1n) is 14.9. The van der Waals surface area contributed by atoms with Gasteiger partial charge in [-0.25, -0.2) is 0 Å². The van der Waals surface area contributed by atoms with Crippen LogP contribution in [0.5, 0.6) is 0 Å². The van der Waals surface area contributed by atoms with E-state index in [9.17, 15) is 14.4 Å². The molecule has 3 aromatic rings. The van der Waals surface area contributed by atoms with Gasteiger partial charge in [-0.3, -0.25) is 19.4 Å². The van der Waals surface area contributed by atoms with E-state index in [1.165, 1.54) is 0 Å². The fourth-order valence-electron chi connectivity index (χ4n) is 5.34. The minimum atomic E-state index is -1.18. The fourth-order valence-corrected chi connectivity index (χ4v) is 5.34. The van der Waals surface area contributed by atoms with Crippen molar-refractivity contribution in [3.8, 4) is 0 Å². The van der Waals surface area contributed by atoms with Crippen molar-refractivity contribution in [1.82, 2.24) is 10.3 Å². The molecule has 228 valence electrons. The second-order valence-electron chi connectivity index (χ2n) is 11.5. The molecule has 0 saturated heterocycles. The van der Waals surface area contributed by atoms with Crippen LogP contribution in [-0.2, 0) is 38.7 Å². The number of nitrogens with zero attached hydrogens (tertiary/aromatic N) is 3. The van der Waals surface area contributed by atoms with Crippen LogP contribution in [0.4, 0.5) is 11.4 Å². The number of ether oxygens (including phenoxy) is 1. The molecular weight excluding hydrogens is 542 g/mol. The lowest BCUT2D eigenvalue weighted by Crippen LogP contribution is -2.55. The maximum atomic E-state index is 14.2. The van der Waals surface area contributed by atoms with Gasteiger partial charge < -0.3 is 25.6 Å². The van der Waals surface area contributed by atoms with E-state index in [0.29, 0.717) is 6.42 Å². The van der Waals surface area contributed by atoms with Crippen molar-refractivity contribution in [3.05, 3.63) is 89.7 Å². The molecule has 2 atom stereocenters. The molecule has 1 aromatic heterocycles. The van der Waals surface area contributed by atoms with Gasteiger partial charge >= 0.3 is 0 Å². The predicted molar refractivity (Wildman–Crippen MR) is 169 cm³/mol. The van der Waals surface area contributed by atoms with Crippen LogP contribution >= 0.6 is 0 Å². The Morgan fingerprint density at radius 2 is 1.79 bits per heavy atom. The Bertz CT molecular complexity index is 1390. The molecule has 1 aliphatic rings. The SMILES string of the molecule is CCN(CC)c1cccc2c1N(Cc1ccccn1)C(=O)C(CC(=O)[C@@H](COCc1ccccc1)NC(=O)C(C)(C)N)C2. The van der Waals surface area contributed by atoms with Crippen LogP contribution in [0.1, 0.15) is 50.9 Å². The number of pyridine rings is 1. The van der Waals surface area contributed by atoms with Crippen LogP contribution in [0.2, 0.25) is 0 Å². The highest BCUT2D eigenvalue weighted by molar-refractivity contribution is 6.04. The van der Waals surface area contributed by atoms with E-state index in [1.807, 2.05) is 66.7 Å². The molecule has 1 unspecified atom stereocenters. The van der Waals surface area contributed by atoms with Gasteiger partial charge in [-0.05, 0) is 63.4 Å². The number of ketones is 1. The number of carbonyl (C=O) groups is 3. The van der Waals surface area contributed by atoms with Crippen LogP contribution in [0.15, 0.2) is 72.9 Å². The lowest BCUT2D eigenvalue weighted by Gasteiger charge is -2.38. The number of anilines is 2. The Morgan fingerprint density at radius 1 is 1.07 bits per heavy atom. The average Bonchev–Trinajstić information content (AvgIpc) is 2.99. The van der Waals surface area contributed by atoms with Gasteiger partial charge in [0.1, 0.15) is 6.04 Å². The maximum absolute atomic E-state index is 14.2. The molecule has 2 aromatic carbocycles. The van der Waals surface area contributed by atoms with Gasteiger partial charge in [0.05, 0.1) is 42.4 Å². The van der Waals surface area contributed by atoms with Gasteiger partial charge in [0.15, 0.2) is 5.78 Å². The Hall–Kier alpha value is -4.08. The average molecular weight is 586 g/mol. The van der Waals surface area contributed by atoms with E-state index >= 15 is 0 Å². The topological polar surface area (TPSA) is 118 Å². The number of nitrogens with one attached hydrogen (secondary N) is 1. The van der Waals surface area contributed by atoms with Crippen molar-refractivity contribution in [2.75, 3.05) is 29.5 Å². The number of para-hydroxylation sites is 1. The zero-order valence-corrected chi connectivity index (χ0v) is 25.6. The molecule has 9 nitrogen and oxygen atoms in total. The van der Waals surface area contributed by atoms with Crippen molar-refractivity contribution in [2.24, 2.45) is 11.7 Å². The largest absolute Gasteiger partial charge is 0.374 e. The van der Waals surface area contributed by atoms with Crippen molar-refractivity contribution >= 4 is 29.0 Å². The number of hydrogen-bond acceptors (Lipinski definition) is 7. The molecule has 0 radical (unpaired) electrons. The summed E-state index contributed by atoms with van der Waals surface area (Å²) in [5.74, 6) is -1.48. The summed E-state index contributed by atoms with van der Waals surface area (Å²) in [5.41, 5.74) is 9.41. The molecule has 2 heterocycles. The van der Waals surface area contributed by atoms with Crippen molar-refractivity contribution in [2.45, 2.75) is 65.3 Å². The summed E-state index contributed by atoms with van der Waals surface area (Å²) in [4.78, 5) is 49.2. The second kappa shape index (κ2) is 14.4. The van der Waals surface area contributed by atoms with Crippen LogP contribution in [0.25, 0.3) is 0 Å². The highest BCUT2D eigenvalue weighted by Crippen LogP contribution is 2.40. The predicted octanol–water partition coefficient (Wildman–Crippen LogP) is 4.03. The Morgan fingerprint density at radius 3 is 2.44 bits per heavy atom. The summed E-state index contributed by atoms with van der Waals surface area (Å²) in [6.45, 7) is 9.48. The van der Waals surface area contributed by atoms with Gasteiger partial charge in [0.25, 0.3) is 0 Å². The lowest BCUT2D eigenvalue weighted by atomic mass is 9.86. The molecule has 1 aliphatic heterocycles. The van der Waals surface area contributed by atoms with Crippen molar-refractivity contribution < 1.29 is 19.1 Å². The second-order valence-corrected chi connectivity index (χ2v) is 11.5. The number of amides is 2. The summed E-state index contributed by atoms with van der Waals surface area (Å²) in [7, 11) is 0. The zero-order valence-electron chi connectivity index (χ0n) is 25.6. The number of benzene rings is 2. The molecule has 3 N–H and O–H groups in total. The number of hydrogen-bond donors (Lipinski definition) is 2. The van der Waals surface area contributed by atoms with Crippen LogP contribution < -0.4 is 20.9 Å². The summed E-state index contributed by atoms with van der Waals surface area (Å²) in [5, 5.41) is 2.78. The maximum Gasteiger partial charge on any atom is 0.240 e. The van der Waals surface area contributed by atoms with E-state index in [0.717, 1.165) is 41.3 Å². The molecule has 2 amide bonds. The van der Waals surface area contributed by atoms with E-state index in [2.05, 4.69) is 29.0 Å². The molecule has 0 fully saturated rings.